The number of hydrogen-bond donors (Lipinski definition) is 1. The average molecular weight is 361 g/mol. The van der Waals surface area contributed by atoms with Gasteiger partial charge in [0, 0.05) is 11.1 Å². The first-order chi connectivity index (χ1) is 10.8. The van der Waals surface area contributed by atoms with Gasteiger partial charge in [0.2, 0.25) is 0 Å². The van der Waals surface area contributed by atoms with Gasteiger partial charge in [-0.15, -0.1) is 0 Å². The van der Waals surface area contributed by atoms with Crippen LogP contribution in [0.1, 0.15) is 21.5 Å². The molecular weight excluding hydrogens is 352 g/mol. The number of nitrogens with one attached hydrogen (secondary N) is 1. The third kappa shape index (κ3) is 4.46. The van der Waals surface area contributed by atoms with Crippen molar-refractivity contribution in [2.24, 2.45) is 5.10 Å². The Morgan fingerprint density at radius 1 is 1.09 bits per heavy atom. The molecule has 0 radical (unpaired) electrons. The van der Waals surface area contributed by atoms with E-state index in [2.05, 4.69) is 10.5 Å². The Morgan fingerprint density at radius 3 is 2.43 bits per heavy atom. The summed E-state index contributed by atoms with van der Waals surface area (Å²) < 4.78 is 38.4. The normalized spacial score (nSPS) is 11.7. The van der Waals surface area contributed by atoms with Crippen LogP contribution in [0.2, 0.25) is 10.0 Å². The van der Waals surface area contributed by atoms with E-state index in [1.807, 2.05) is 0 Å². The zero-order chi connectivity index (χ0) is 17.0. The van der Waals surface area contributed by atoms with Gasteiger partial charge in [-0.3, -0.25) is 4.79 Å². The predicted molar refractivity (Wildman–Crippen MR) is 83.0 cm³/mol. The number of carbonyl (C=O) groups is 1. The Bertz CT molecular complexity index is 761. The molecule has 0 saturated carbocycles. The molecule has 2 aromatic rings. The molecule has 23 heavy (non-hydrogen) atoms. The first-order valence-corrected chi connectivity index (χ1v) is 6.99. The van der Waals surface area contributed by atoms with E-state index in [1.54, 1.807) is 0 Å². The summed E-state index contributed by atoms with van der Waals surface area (Å²) in [4.78, 5) is 11.8. The molecule has 8 heteroatoms. The Balaban J connectivity index is 2.13. The number of rotatable bonds is 3. The number of carbonyl (C=O) groups excluding carboxylic acids is 1. The first kappa shape index (κ1) is 17.3. The topological polar surface area (TPSA) is 41.5 Å². The van der Waals surface area contributed by atoms with Gasteiger partial charge in [0.25, 0.3) is 5.91 Å². The van der Waals surface area contributed by atoms with Crippen LogP contribution in [0.4, 0.5) is 13.2 Å². The van der Waals surface area contributed by atoms with Gasteiger partial charge in [0.1, 0.15) is 0 Å². The van der Waals surface area contributed by atoms with E-state index in [0.717, 1.165) is 12.3 Å². The molecule has 0 fully saturated rings. The Morgan fingerprint density at radius 2 is 1.78 bits per heavy atom. The molecule has 0 bridgehead atoms. The largest absolute Gasteiger partial charge is 0.417 e. The summed E-state index contributed by atoms with van der Waals surface area (Å²) in [6, 6.07) is 9.08. The molecule has 0 aromatic heterocycles. The second-order valence-electron chi connectivity index (χ2n) is 4.41. The minimum Gasteiger partial charge on any atom is -0.267 e. The SMILES string of the molecule is O=C(N/N=C\c1ccccc1C(F)(F)F)c1ccc(Cl)c(Cl)c1. The Hall–Kier alpha value is -2.05. The van der Waals surface area contributed by atoms with Crippen molar-refractivity contribution in [1.82, 2.24) is 5.43 Å². The molecular formula is C15H9Cl2F3N2O. The molecule has 0 aliphatic heterocycles. The molecule has 0 heterocycles. The molecule has 2 rings (SSSR count). The predicted octanol–water partition coefficient (Wildman–Crippen LogP) is 4.78. The highest BCUT2D eigenvalue weighted by atomic mass is 35.5. The van der Waals surface area contributed by atoms with E-state index in [4.69, 9.17) is 23.2 Å². The van der Waals surface area contributed by atoms with E-state index in [-0.39, 0.29) is 21.2 Å². The molecule has 3 nitrogen and oxygen atoms in total. The molecule has 1 N–H and O–H groups in total. The van der Waals surface area contributed by atoms with Crippen molar-refractivity contribution in [2.75, 3.05) is 0 Å². The second-order valence-corrected chi connectivity index (χ2v) is 5.23. The Kier molecular flexibility index (Phi) is 5.28. The zero-order valence-corrected chi connectivity index (χ0v) is 12.9. The standard InChI is InChI=1S/C15H9Cl2F3N2O/c16-12-6-5-9(7-13(12)17)14(23)22-21-8-10-3-1-2-4-11(10)15(18,19)20/h1-8H,(H,22,23)/b21-8-. The van der Waals surface area contributed by atoms with Gasteiger partial charge in [-0.05, 0) is 24.3 Å². The minimum atomic E-state index is -4.50. The number of benzene rings is 2. The molecule has 0 saturated heterocycles. The smallest absolute Gasteiger partial charge is 0.267 e. The van der Waals surface area contributed by atoms with Gasteiger partial charge in [-0.25, -0.2) is 5.43 Å². The molecule has 0 aliphatic rings. The van der Waals surface area contributed by atoms with Crippen molar-refractivity contribution in [3.8, 4) is 0 Å². The average Bonchev–Trinajstić information content (AvgIpc) is 2.49. The van der Waals surface area contributed by atoms with Crippen LogP contribution < -0.4 is 5.43 Å². The lowest BCUT2D eigenvalue weighted by atomic mass is 10.1. The lowest BCUT2D eigenvalue weighted by Gasteiger charge is -2.09. The summed E-state index contributed by atoms with van der Waals surface area (Å²) in [5, 5.41) is 4.01. The number of hydrazone groups is 1. The van der Waals surface area contributed by atoms with Crippen LogP contribution in [0.25, 0.3) is 0 Å². The number of hydrogen-bond acceptors (Lipinski definition) is 2. The van der Waals surface area contributed by atoms with E-state index in [0.29, 0.717) is 0 Å². The van der Waals surface area contributed by atoms with Crippen molar-refractivity contribution in [3.63, 3.8) is 0 Å². The molecule has 0 atom stereocenters. The maximum Gasteiger partial charge on any atom is 0.417 e. The van der Waals surface area contributed by atoms with Gasteiger partial charge in [-0.1, -0.05) is 41.4 Å². The van der Waals surface area contributed by atoms with Crippen molar-refractivity contribution in [2.45, 2.75) is 6.18 Å². The summed E-state index contributed by atoms with van der Waals surface area (Å²) in [6.07, 6.45) is -3.57. The molecule has 0 unspecified atom stereocenters. The van der Waals surface area contributed by atoms with Gasteiger partial charge >= 0.3 is 6.18 Å². The molecule has 1 amide bonds. The molecule has 2 aromatic carbocycles. The van der Waals surface area contributed by atoms with Crippen molar-refractivity contribution < 1.29 is 18.0 Å². The van der Waals surface area contributed by atoms with Crippen molar-refractivity contribution >= 4 is 35.3 Å². The molecule has 0 aliphatic carbocycles. The highest BCUT2D eigenvalue weighted by Gasteiger charge is 2.32. The third-order valence-electron chi connectivity index (χ3n) is 2.82. The fourth-order valence-corrected chi connectivity index (χ4v) is 2.03. The zero-order valence-electron chi connectivity index (χ0n) is 11.4. The number of halogens is 5. The van der Waals surface area contributed by atoms with Crippen LogP contribution in [-0.2, 0) is 6.18 Å². The van der Waals surface area contributed by atoms with E-state index >= 15 is 0 Å². The minimum absolute atomic E-state index is 0.158. The fraction of sp³-hybridized carbons (Fsp3) is 0.0667. The van der Waals surface area contributed by atoms with Gasteiger partial charge in [0.15, 0.2) is 0 Å². The maximum atomic E-state index is 12.8. The van der Waals surface area contributed by atoms with Crippen LogP contribution in [0.5, 0.6) is 0 Å². The van der Waals surface area contributed by atoms with Crippen molar-refractivity contribution in [1.29, 1.82) is 0 Å². The molecule has 0 spiro atoms. The summed E-state index contributed by atoms with van der Waals surface area (Å²) >= 11 is 11.5. The Labute approximate surface area is 139 Å². The van der Waals surface area contributed by atoms with E-state index < -0.39 is 17.6 Å². The van der Waals surface area contributed by atoms with Gasteiger partial charge in [-0.2, -0.15) is 18.3 Å². The fourth-order valence-electron chi connectivity index (χ4n) is 1.73. The van der Waals surface area contributed by atoms with Crippen LogP contribution >= 0.6 is 23.2 Å². The highest BCUT2D eigenvalue weighted by molar-refractivity contribution is 6.42. The van der Waals surface area contributed by atoms with Gasteiger partial charge < -0.3 is 0 Å². The summed E-state index contributed by atoms with van der Waals surface area (Å²) in [5.74, 6) is -0.621. The lowest BCUT2D eigenvalue weighted by Crippen LogP contribution is -2.18. The molecule has 120 valence electrons. The summed E-state index contributed by atoms with van der Waals surface area (Å²) in [5.41, 5.74) is 1.32. The van der Waals surface area contributed by atoms with E-state index in [1.165, 1.54) is 36.4 Å². The monoisotopic (exact) mass is 360 g/mol. The first-order valence-electron chi connectivity index (χ1n) is 6.23. The number of alkyl halides is 3. The lowest BCUT2D eigenvalue weighted by molar-refractivity contribution is -0.137. The number of amides is 1. The highest BCUT2D eigenvalue weighted by Crippen LogP contribution is 2.31. The van der Waals surface area contributed by atoms with Crippen LogP contribution in [0.15, 0.2) is 47.6 Å². The van der Waals surface area contributed by atoms with E-state index in [9.17, 15) is 18.0 Å². The number of nitrogens with zero attached hydrogens (tertiary/aromatic N) is 1. The van der Waals surface area contributed by atoms with Gasteiger partial charge in [0.05, 0.1) is 21.8 Å². The van der Waals surface area contributed by atoms with Crippen molar-refractivity contribution in [3.05, 3.63) is 69.2 Å². The van der Waals surface area contributed by atoms with Crippen LogP contribution in [0, 0.1) is 0 Å². The van der Waals surface area contributed by atoms with Crippen LogP contribution in [-0.4, -0.2) is 12.1 Å². The maximum absolute atomic E-state index is 12.8. The summed E-state index contributed by atoms with van der Waals surface area (Å²) in [7, 11) is 0. The third-order valence-corrected chi connectivity index (χ3v) is 3.56. The quantitative estimate of drug-likeness (QED) is 0.621. The second kappa shape index (κ2) is 7.02. The van der Waals surface area contributed by atoms with Crippen LogP contribution in [0.3, 0.4) is 0 Å². The summed E-state index contributed by atoms with van der Waals surface area (Å²) in [6.45, 7) is 0.